The Labute approximate surface area is 130 Å². The molecule has 1 aromatic carbocycles. The van der Waals surface area contributed by atoms with Gasteiger partial charge in [-0.05, 0) is 19.5 Å². The minimum Gasteiger partial charge on any atom is -0.548 e. The van der Waals surface area contributed by atoms with Crippen molar-refractivity contribution in [2.75, 3.05) is 20.1 Å². The number of piperazine rings is 1. The maximum absolute atomic E-state index is 12.2. The summed E-state index contributed by atoms with van der Waals surface area (Å²) in [5, 5.41) is 10.9. The van der Waals surface area contributed by atoms with Crippen LogP contribution in [0.4, 0.5) is 0 Å². The van der Waals surface area contributed by atoms with Crippen molar-refractivity contribution >= 4 is 11.9 Å². The molecule has 2 atom stereocenters. The Hall–Kier alpha value is -1.28. The van der Waals surface area contributed by atoms with Gasteiger partial charge in [-0.3, -0.25) is 9.69 Å². The molecule has 1 aliphatic rings. The molecule has 0 saturated carbocycles. The van der Waals surface area contributed by atoms with Gasteiger partial charge in [0.1, 0.15) is 0 Å². The van der Waals surface area contributed by atoms with Crippen LogP contribution in [0.5, 0.6) is 0 Å². The first-order valence-electron chi connectivity index (χ1n) is 6.26. The summed E-state index contributed by atoms with van der Waals surface area (Å²) in [6.07, 6.45) is 0. The van der Waals surface area contributed by atoms with Crippen molar-refractivity contribution in [1.82, 2.24) is 9.80 Å². The predicted molar refractivity (Wildman–Crippen MR) is 68.0 cm³/mol. The molecule has 0 N–H and O–H groups in total. The number of carbonyl (C=O) groups is 2. The summed E-state index contributed by atoms with van der Waals surface area (Å²) in [7, 11) is 1.87. The number of likely N-dealkylation sites (N-methyl/N-ethyl adjacent to an activating group) is 1. The van der Waals surface area contributed by atoms with E-state index in [4.69, 9.17) is 0 Å². The number of carboxylic acids is 1. The van der Waals surface area contributed by atoms with E-state index in [9.17, 15) is 14.7 Å². The Morgan fingerprint density at radius 1 is 1.35 bits per heavy atom. The van der Waals surface area contributed by atoms with E-state index in [1.807, 2.05) is 42.3 Å². The minimum absolute atomic E-state index is 0. The number of rotatable bonds is 3. The zero-order valence-corrected chi connectivity index (χ0v) is 12.1. The quantitative estimate of drug-likeness (QED) is 0.537. The average Bonchev–Trinajstić information content (AvgIpc) is 2.40. The molecule has 1 unspecified atom stereocenters. The molecule has 0 bridgehead atoms. The van der Waals surface area contributed by atoms with Crippen molar-refractivity contribution in [2.24, 2.45) is 0 Å². The molecule has 2 rings (SSSR count). The number of hydrogen-bond acceptors (Lipinski definition) is 4. The Bertz CT molecular complexity index is 481. The summed E-state index contributed by atoms with van der Waals surface area (Å²) in [6.45, 7) is 2.03. The molecular weight excluding hydrogens is 251 g/mol. The Morgan fingerprint density at radius 2 is 1.95 bits per heavy atom. The number of carboxylic acid groups (broad SMARTS) is 1. The van der Waals surface area contributed by atoms with E-state index in [0.29, 0.717) is 6.54 Å². The summed E-state index contributed by atoms with van der Waals surface area (Å²) in [5.41, 5.74) is 0.941. The van der Waals surface area contributed by atoms with Gasteiger partial charge in [0, 0.05) is 6.54 Å². The molecule has 1 amide bonds. The number of amides is 1. The van der Waals surface area contributed by atoms with Gasteiger partial charge in [0.05, 0.1) is 24.6 Å². The summed E-state index contributed by atoms with van der Waals surface area (Å²) >= 11 is 0. The largest absolute Gasteiger partial charge is 1.00 e. The van der Waals surface area contributed by atoms with Crippen LogP contribution in [-0.4, -0.2) is 47.9 Å². The molecule has 1 saturated heterocycles. The van der Waals surface area contributed by atoms with Crippen molar-refractivity contribution in [3.05, 3.63) is 35.9 Å². The third-order valence-electron chi connectivity index (χ3n) is 3.62. The zero-order chi connectivity index (χ0) is 14.0. The molecule has 6 heteroatoms. The van der Waals surface area contributed by atoms with Gasteiger partial charge >= 0.3 is 18.9 Å². The second kappa shape index (κ2) is 6.94. The van der Waals surface area contributed by atoms with Crippen LogP contribution in [0.1, 0.15) is 18.5 Å². The summed E-state index contributed by atoms with van der Waals surface area (Å²) in [4.78, 5) is 26.4. The molecular formula is C14H17LiN2O3. The Balaban J connectivity index is 0.00000200. The van der Waals surface area contributed by atoms with Crippen molar-refractivity contribution in [3.63, 3.8) is 0 Å². The number of aliphatic carboxylic acids is 1. The second-order valence-corrected chi connectivity index (χ2v) is 4.88. The van der Waals surface area contributed by atoms with E-state index in [-0.39, 0.29) is 43.4 Å². The molecule has 1 aromatic rings. The van der Waals surface area contributed by atoms with Crippen LogP contribution in [-0.2, 0) is 9.59 Å². The van der Waals surface area contributed by atoms with E-state index in [1.165, 1.54) is 4.90 Å². The number of benzene rings is 1. The molecule has 0 radical (unpaired) electrons. The first kappa shape index (κ1) is 16.8. The van der Waals surface area contributed by atoms with Gasteiger partial charge in [-0.2, -0.15) is 0 Å². The molecule has 102 valence electrons. The van der Waals surface area contributed by atoms with Crippen LogP contribution in [0.15, 0.2) is 30.3 Å². The van der Waals surface area contributed by atoms with Gasteiger partial charge < -0.3 is 14.8 Å². The van der Waals surface area contributed by atoms with Crippen LogP contribution in [0.3, 0.4) is 0 Å². The molecule has 1 aliphatic heterocycles. The maximum atomic E-state index is 12.2. The third kappa shape index (κ3) is 3.43. The van der Waals surface area contributed by atoms with Crippen LogP contribution >= 0.6 is 0 Å². The van der Waals surface area contributed by atoms with Crippen molar-refractivity contribution < 1.29 is 33.6 Å². The summed E-state index contributed by atoms with van der Waals surface area (Å²) in [6, 6.07) is 8.93. The van der Waals surface area contributed by atoms with Gasteiger partial charge in [-0.25, -0.2) is 0 Å². The van der Waals surface area contributed by atoms with Crippen LogP contribution < -0.4 is 24.0 Å². The zero-order valence-electron chi connectivity index (χ0n) is 12.1. The van der Waals surface area contributed by atoms with E-state index in [0.717, 1.165) is 5.56 Å². The predicted octanol–water partition coefficient (Wildman–Crippen LogP) is -3.36. The van der Waals surface area contributed by atoms with Gasteiger partial charge in [0.2, 0.25) is 5.91 Å². The van der Waals surface area contributed by atoms with Gasteiger partial charge in [0.15, 0.2) is 0 Å². The number of hydrogen-bond donors (Lipinski definition) is 0. The smallest absolute Gasteiger partial charge is 0.548 e. The number of carbonyl (C=O) groups excluding carboxylic acids is 2. The standard InChI is InChI=1S/C14H18N2O3.Li/c1-10-14(19)16(9-13(17)18)12(8-15(10)2)11-6-4-3-5-7-11;/h3-7,10,12H,8-9H2,1-2H3,(H,17,18);/q;+1/p-1/t10-,12?;/m1./s1. The van der Waals surface area contributed by atoms with Crippen molar-refractivity contribution in [2.45, 2.75) is 19.0 Å². The molecule has 1 heterocycles. The SMILES string of the molecule is C[C@@H]1C(=O)N(CC(=O)[O-])C(c2ccccc2)CN1C.[Li+]. The fourth-order valence-electron chi connectivity index (χ4n) is 2.40. The molecule has 0 aromatic heterocycles. The summed E-state index contributed by atoms with van der Waals surface area (Å²) in [5.74, 6) is -1.40. The maximum Gasteiger partial charge on any atom is 1.00 e. The number of nitrogens with zero attached hydrogens (tertiary/aromatic N) is 2. The monoisotopic (exact) mass is 268 g/mol. The third-order valence-corrected chi connectivity index (χ3v) is 3.62. The topological polar surface area (TPSA) is 63.7 Å². The Morgan fingerprint density at radius 3 is 2.50 bits per heavy atom. The molecule has 20 heavy (non-hydrogen) atoms. The fraction of sp³-hybridized carbons (Fsp3) is 0.429. The van der Waals surface area contributed by atoms with Gasteiger partial charge in [-0.1, -0.05) is 30.3 Å². The van der Waals surface area contributed by atoms with Crippen LogP contribution in [0.2, 0.25) is 0 Å². The van der Waals surface area contributed by atoms with E-state index in [2.05, 4.69) is 0 Å². The molecule has 1 fully saturated rings. The van der Waals surface area contributed by atoms with E-state index >= 15 is 0 Å². The van der Waals surface area contributed by atoms with Crippen LogP contribution in [0, 0.1) is 0 Å². The van der Waals surface area contributed by atoms with Gasteiger partial charge in [-0.15, -0.1) is 0 Å². The molecule has 0 spiro atoms. The van der Waals surface area contributed by atoms with E-state index < -0.39 is 5.97 Å². The average molecular weight is 268 g/mol. The van der Waals surface area contributed by atoms with Crippen LogP contribution in [0.25, 0.3) is 0 Å². The second-order valence-electron chi connectivity index (χ2n) is 4.88. The van der Waals surface area contributed by atoms with Crippen molar-refractivity contribution in [1.29, 1.82) is 0 Å². The molecule has 5 nitrogen and oxygen atoms in total. The first-order chi connectivity index (χ1) is 9.00. The van der Waals surface area contributed by atoms with Gasteiger partial charge in [0.25, 0.3) is 0 Å². The van der Waals surface area contributed by atoms with E-state index in [1.54, 1.807) is 6.92 Å². The fourth-order valence-corrected chi connectivity index (χ4v) is 2.40. The Kier molecular flexibility index (Phi) is 5.82. The summed E-state index contributed by atoms with van der Waals surface area (Å²) < 4.78 is 0. The first-order valence-corrected chi connectivity index (χ1v) is 6.26. The molecule has 0 aliphatic carbocycles. The normalized spacial score (nSPS) is 23.3. The minimum atomic E-state index is -1.23. The van der Waals surface area contributed by atoms with Crippen molar-refractivity contribution in [3.8, 4) is 0 Å².